The number of rotatable bonds is 6. The van der Waals surface area contributed by atoms with Gasteiger partial charge in [0.1, 0.15) is 11.9 Å². The molecule has 21 heavy (non-hydrogen) atoms. The molecule has 1 aromatic carbocycles. The quantitative estimate of drug-likeness (QED) is 0.436. The third kappa shape index (κ3) is 7.02. The Bertz CT molecular complexity index is 461. The van der Waals surface area contributed by atoms with E-state index in [0.29, 0.717) is 0 Å². The van der Waals surface area contributed by atoms with E-state index in [0.717, 1.165) is 30.7 Å². The molecular weight excluding hydrogens is 377 g/mol. The van der Waals surface area contributed by atoms with Crippen molar-refractivity contribution in [1.29, 1.82) is 0 Å². The molecule has 1 aliphatic carbocycles. The van der Waals surface area contributed by atoms with E-state index in [9.17, 15) is 0 Å². The topological polar surface area (TPSA) is 45.7 Å². The fourth-order valence-corrected chi connectivity index (χ4v) is 1.99. The van der Waals surface area contributed by atoms with Crippen molar-refractivity contribution in [3.63, 3.8) is 0 Å². The molecule has 2 N–H and O–H groups in total. The molecule has 1 saturated carbocycles. The lowest BCUT2D eigenvalue weighted by molar-refractivity contribution is 0.223. The smallest absolute Gasteiger partial charge is 0.191 e. The number of aliphatic imine (C=N–C) groups is 1. The van der Waals surface area contributed by atoms with E-state index in [4.69, 9.17) is 4.74 Å². The van der Waals surface area contributed by atoms with Gasteiger partial charge in [-0.1, -0.05) is 12.1 Å². The number of aryl methyl sites for hydroxylation is 1. The van der Waals surface area contributed by atoms with E-state index >= 15 is 0 Å². The van der Waals surface area contributed by atoms with Gasteiger partial charge in [0.15, 0.2) is 5.96 Å². The zero-order valence-corrected chi connectivity index (χ0v) is 15.4. The van der Waals surface area contributed by atoms with Crippen LogP contribution in [0, 0.1) is 12.8 Å². The number of nitrogens with zero attached hydrogens (tertiary/aromatic N) is 1. The van der Waals surface area contributed by atoms with Crippen LogP contribution in [0.4, 0.5) is 0 Å². The summed E-state index contributed by atoms with van der Waals surface area (Å²) in [4.78, 5) is 4.22. The molecule has 0 spiro atoms. The summed E-state index contributed by atoms with van der Waals surface area (Å²) in [5.41, 5.74) is 1.21. The highest BCUT2D eigenvalue weighted by Crippen LogP contribution is 2.27. The summed E-state index contributed by atoms with van der Waals surface area (Å²) >= 11 is 0. The molecule has 1 aromatic rings. The van der Waals surface area contributed by atoms with Crippen LogP contribution in [0.25, 0.3) is 0 Å². The van der Waals surface area contributed by atoms with Crippen LogP contribution in [0.1, 0.15) is 25.3 Å². The average molecular weight is 403 g/mol. The highest BCUT2D eigenvalue weighted by molar-refractivity contribution is 14.0. The van der Waals surface area contributed by atoms with E-state index in [1.165, 1.54) is 18.4 Å². The molecule has 0 radical (unpaired) electrons. The van der Waals surface area contributed by atoms with Crippen molar-refractivity contribution in [2.75, 3.05) is 20.1 Å². The lowest BCUT2D eigenvalue weighted by Crippen LogP contribution is -2.42. The predicted octanol–water partition coefficient (Wildman–Crippen LogP) is 2.96. The first-order valence-electron chi connectivity index (χ1n) is 7.35. The number of ether oxygens (including phenoxy) is 1. The SMILES string of the molecule is CN=C(NCC1CC1)NCC(C)Oc1cccc(C)c1.I. The number of benzene rings is 1. The monoisotopic (exact) mass is 403 g/mol. The average Bonchev–Trinajstić information content (AvgIpc) is 3.23. The highest BCUT2D eigenvalue weighted by Gasteiger charge is 2.21. The maximum Gasteiger partial charge on any atom is 0.191 e. The van der Waals surface area contributed by atoms with Crippen LogP contribution in [-0.2, 0) is 0 Å². The molecule has 1 atom stereocenters. The third-order valence-electron chi connectivity index (χ3n) is 3.36. The number of hydrogen-bond acceptors (Lipinski definition) is 2. The Kier molecular flexibility index (Phi) is 7.85. The van der Waals surface area contributed by atoms with Gasteiger partial charge in [-0.05, 0) is 50.3 Å². The fraction of sp³-hybridized carbons (Fsp3) is 0.562. The summed E-state index contributed by atoms with van der Waals surface area (Å²) in [6.07, 6.45) is 2.78. The molecular formula is C16H26IN3O. The Balaban J connectivity index is 0.00000220. The van der Waals surface area contributed by atoms with Crippen molar-refractivity contribution in [3.8, 4) is 5.75 Å². The van der Waals surface area contributed by atoms with E-state index in [1.54, 1.807) is 7.05 Å². The lowest BCUT2D eigenvalue weighted by atomic mass is 10.2. The molecule has 4 nitrogen and oxygen atoms in total. The van der Waals surface area contributed by atoms with Gasteiger partial charge in [-0.25, -0.2) is 0 Å². The number of hydrogen-bond donors (Lipinski definition) is 2. The molecule has 118 valence electrons. The van der Waals surface area contributed by atoms with Crippen molar-refractivity contribution in [2.24, 2.45) is 10.9 Å². The molecule has 0 heterocycles. The summed E-state index contributed by atoms with van der Waals surface area (Å²) in [5, 5.41) is 6.64. The first-order chi connectivity index (χ1) is 9.67. The Hall–Kier alpha value is -0.980. The van der Waals surface area contributed by atoms with Crippen LogP contribution in [0.2, 0.25) is 0 Å². The van der Waals surface area contributed by atoms with Crippen molar-refractivity contribution in [1.82, 2.24) is 10.6 Å². The van der Waals surface area contributed by atoms with Crippen LogP contribution in [0.15, 0.2) is 29.3 Å². The molecule has 1 aliphatic rings. The number of nitrogens with one attached hydrogen (secondary N) is 2. The molecule has 2 rings (SSSR count). The summed E-state index contributed by atoms with van der Waals surface area (Å²) in [7, 11) is 1.80. The van der Waals surface area contributed by atoms with Crippen LogP contribution >= 0.6 is 24.0 Å². The first kappa shape index (κ1) is 18.1. The van der Waals surface area contributed by atoms with Gasteiger partial charge in [0, 0.05) is 13.6 Å². The second kappa shape index (κ2) is 9.12. The highest BCUT2D eigenvalue weighted by atomic mass is 127. The van der Waals surface area contributed by atoms with Crippen molar-refractivity contribution in [3.05, 3.63) is 29.8 Å². The van der Waals surface area contributed by atoms with Crippen LogP contribution in [-0.4, -0.2) is 32.2 Å². The third-order valence-corrected chi connectivity index (χ3v) is 3.36. The molecule has 1 unspecified atom stereocenters. The Morgan fingerprint density at radius 1 is 1.38 bits per heavy atom. The van der Waals surface area contributed by atoms with Crippen molar-refractivity contribution < 1.29 is 4.74 Å². The van der Waals surface area contributed by atoms with Gasteiger partial charge in [-0.3, -0.25) is 4.99 Å². The molecule has 0 bridgehead atoms. The lowest BCUT2D eigenvalue weighted by Gasteiger charge is -2.18. The zero-order valence-electron chi connectivity index (χ0n) is 13.1. The van der Waals surface area contributed by atoms with Crippen molar-refractivity contribution in [2.45, 2.75) is 32.8 Å². The maximum absolute atomic E-state index is 5.88. The molecule has 5 heteroatoms. The fourth-order valence-electron chi connectivity index (χ4n) is 1.99. The van der Waals surface area contributed by atoms with Gasteiger partial charge in [-0.15, -0.1) is 24.0 Å². The Morgan fingerprint density at radius 2 is 2.14 bits per heavy atom. The minimum atomic E-state index is 0. The standard InChI is InChI=1S/C16H25N3O.HI/c1-12-5-4-6-15(9-12)20-13(2)10-18-16(17-3)19-11-14-7-8-14;/h4-6,9,13-14H,7-8,10-11H2,1-3H3,(H2,17,18,19);1H. The molecule has 0 aromatic heterocycles. The predicted molar refractivity (Wildman–Crippen MR) is 98.8 cm³/mol. The molecule has 0 saturated heterocycles. The summed E-state index contributed by atoms with van der Waals surface area (Å²) in [6, 6.07) is 8.13. The van der Waals surface area contributed by atoms with Gasteiger partial charge in [0.2, 0.25) is 0 Å². The largest absolute Gasteiger partial charge is 0.489 e. The van der Waals surface area contributed by atoms with Crippen LogP contribution in [0.3, 0.4) is 0 Å². The second-order valence-electron chi connectivity index (χ2n) is 5.52. The van der Waals surface area contributed by atoms with E-state index in [-0.39, 0.29) is 30.1 Å². The van der Waals surface area contributed by atoms with E-state index in [1.807, 2.05) is 12.1 Å². The normalized spacial score (nSPS) is 15.9. The van der Waals surface area contributed by atoms with Gasteiger partial charge < -0.3 is 15.4 Å². The van der Waals surface area contributed by atoms with E-state index < -0.39 is 0 Å². The molecule has 0 aliphatic heterocycles. The first-order valence-corrected chi connectivity index (χ1v) is 7.35. The van der Waals surface area contributed by atoms with Crippen LogP contribution < -0.4 is 15.4 Å². The Morgan fingerprint density at radius 3 is 2.76 bits per heavy atom. The minimum Gasteiger partial charge on any atom is -0.489 e. The second-order valence-corrected chi connectivity index (χ2v) is 5.52. The van der Waals surface area contributed by atoms with E-state index in [2.05, 4.69) is 41.6 Å². The van der Waals surface area contributed by atoms with Crippen molar-refractivity contribution >= 4 is 29.9 Å². The van der Waals surface area contributed by atoms with Gasteiger partial charge in [0.05, 0.1) is 6.54 Å². The van der Waals surface area contributed by atoms with Gasteiger partial charge in [-0.2, -0.15) is 0 Å². The molecule has 1 fully saturated rings. The van der Waals surface area contributed by atoms with Gasteiger partial charge in [0.25, 0.3) is 0 Å². The summed E-state index contributed by atoms with van der Waals surface area (Å²) < 4.78 is 5.88. The minimum absolute atomic E-state index is 0. The number of halogens is 1. The summed E-state index contributed by atoms with van der Waals surface area (Å²) in [5.74, 6) is 2.62. The maximum atomic E-state index is 5.88. The molecule has 0 amide bonds. The Labute approximate surface area is 144 Å². The van der Waals surface area contributed by atoms with Gasteiger partial charge >= 0.3 is 0 Å². The zero-order chi connectivity index (χ0) is 14.4. The van der Waals surface area contributed by atoms with Crippen LogP contribution in [0.5, 0.6) is 5.75 Å². The number of guanidine groups is 1. The summed E-state index contributed by atoms with van der Waals surface area (Å²) in [6.45, 7) is 5.88.